The average molecular weight is 219 g/mol. The smallest absolute Gasteiger partial charge is 0.0724 e. The average Bonchev–Trinajstić information content (AvgIpc) is 2.78. The fourth-order valence-corrected chi connectivity index (χ4v) is 2.56. The van der Waals surface area contributed by atoms with Gasteiger partial charge in [0.15, 0.2) is 0 Å². The van der Waals surface area contributed by atoms with E-state index in [2.05, 4.69) is 24.3 Å². The second-order valence-corrected chi connectivity index (χ2v) is 4.70. The van der Waals surface area contributed by atoms with E-state index in [1.54, 1.807) is 0 Å². The van der Waals surface area contributed by atoms with Crippen molar-refractivity contribution in [2.45, 2.75) is 44.3 Å². The lowest BCUT2D eigenvalue weighted by Crippen LogP contribution is -2.31. The van der Waals surface area contributed by atoms with E-state index in [4.69, 9.17) is 10.5 Å². The molecule has 0 atom stereocenters. The predicted molar refractivity (Wildman–Crippen MR) is 66.1 cm³/mol. The lowest BCUT2D eigenvalue weighted by atomic mass is 9.97. The summed E-state index contributed by atoms with van der Waals surface area (Å²) < 4.78 is 6.14. The minimum absolute atomic E-state index is 0.0740. The third kappa shape index (κ3) is 2.83. The number of ether oxygens (including phenoxy) is 1. The molecular weight excluding hydrogens is 198 g/mol. The van der Waals surface area contributed by atoms with E-state index >= 15 is 0 Å². The molecule has 0 spiro atoms. The minimum Gasteiger partial charge on any atom is -0.370 e. The Labute approximate surface area is 97.8 Å². The summed E-state index contributed by atoms with van der Waals surface area (Å²) in [6, 6.07) is 10.4. The lowest BCUT2D eigenvalue weighted by Gasteiger charge is -2.29. The van der Waals surface area contributed by atoms with Crippen molar-refractivity contribution in [3.05, 3.63) is 35.9 Å². The van der Waals surface area contributed by atoms with Crippen LogP contribution in [0.4, 0.5) is 0 Å². The molecule has 0 aromatic heterocycles. The van der Waals surface area contributed by atoms with Crippen LogP contribution in [0.25, 0.3) is 0 Å². The van der Waals surface area contributed by atoms with Gasteiger partial charge in [0.2, 0.25) is 0 Å². The summed E-state index contributed by atoms with van der Waals surface area (Å²) in [5.74, 6) is 0. The topological polar surface area (TPSA) is 35.2 Å². The number of rotatable bonds is 5. The Bertz CT molecular complexity index is 304. The highest BCUT2D eigenvalue weighted by atomic mass is 16.5. The lowest BCUT2D eigenvalue weighted by molar-refractivity contribution is -0.0558. The molecule has 1 aromatic rings. The molecular formula is C14H21NO. The molecule has 2 heteroatoms. The standard InChI is InChI=1S/C14H21NO/c15-11-10-14(8-4-5-9-14)16-12-13-6-2-1-3-7-13/h1-3,6-7H,4-5,8-12,15H2. The van der Waals surface area contributed by atoms with E-state index in [9.17, 15) is 0 Å². The molecule has 1 saturated carbocycles. The van der Waals surface area contributed by atoms with Crippen LogP contribution >= 0.6 is 0 Å². The van der Waals surface area contributed by atoms with Gasteiger partial charge >= 0.3 is 0 Å². The number of hydrogen-bond acceptors (Lipinski definition) is 2. The summed E-state index contributed by atoms with van der Waals surface area (Å²) in [5, 5.41) is 0. The van der Waals surface area contributed by atoms with Crippen LogP contribution in [-0.4, -0.2) is 12.1 Å². The van der Waals surface area contributed by atoms with Gasteiger partial charge < -0.3 is 10.5 Å². The van der Waals surface area contributed by atoms with Gasteiger partial charge in [-0.1, -0.05) is 43.2 Å². The number of benzene rings is 1. The molecule has 2 N–H and O–H groups in total. The Morgan fingerprint density at radius 3 is 2.44 bits per heavy atom. The van der Waals surface area contributed by atoms with Crippen LogP contribution < -0.4 is 5.73 Å². The van der Waals surface area contributed by atoms with Gasteiger partial charge in [0.05, 0.1) is 12.2 Å². The van der Waals surface area contributed by atoms with E-state index in [0.717, 1.165) is 19.6 Å². The van der Waals surface area contributed by atoms with Gasteiger partial charge in [0.1, 0.15) is 0 Å². The summed E-state index contributed by atoms with van der Waals surface area (Å²) in [5.41, 5.74) is 7.01. The number of hydrogen-bond donors (Lipinski definition) is 1. The van der Waals surface area contributed by atoms with Gasteiger partial charge in [-0.2, -0.15) is 0 Å². The van der Waals surface area contributed by atoms with E-state index in [0.29, 0.717) is 0 Å². The molecule has 2 rings (SSSR count). The van der Waals surface area contributed by atoms with Crippen LogP contribution in [0.15, 0.2) is 30.3 Å². The van der Waals surface area contributed by atoms with Crippen LogP contribution in [0.3, 0.4) is 0 Å². The highest BCUT2D eigenvalue weighted by Gasteiger charge is 2.33. The third-order valence-electron chi connectivity index (χ3n) is 3.50. The van der Waals surface area contributed by atoms with Gasteiger partial charge in [-0.05, 0) is 31.4 Å². The molecule has 0 bridgehead atoms. The van der Waals surface area contributed by atoms with Crippen LogP contribution in [0.2, 0.25) is 0 Å². The fourth-order valence-electron chi connectivity index (χ4n) is 2.56. The van der Waals surface area contributed by atoms with Crippen LogP contribution in [0.1, 0.15) is 37.7 Å². The molecule has 1 aromatic carbocycles. The van der Waals surface area contributed by atoms with Gasteiger partial charge in [-0.25, -0.2) is 0 Å². The Morgan fingerprint density at radius 2 is 1.81 bits per heavy atom. The first kappa shape index (κ1) is 11.6. The maximum Gasteiger partial charge on any atom is 0.0724 e. The first-order valence-corrected chi connectivity index (χ1v) is 6.23. The summed E-state index contributed by atoms with van der Waals surface area (Å²) in [4.78, 5) is 0. The molecule has 0 radical (unpaired) electrons. The van der Waals surface area contributed by atoms with Crippen LogP contribution in [0.5, 0.6) is 0 Å². The molecule has 0 heterocycles. The highest BCUT2D eigenvalue weighted by Crippen LogP contribution is 2.36. The third-order valence-corrected chi connectivity index (χ3v) is 3.50. The maximum atomic E-state index is 6.14. The molecule has 0 amide bonds. The quantitative estimate of drug-likeness (QED) is 0.826. The zero-order valence-electron chi connectivity index (χ0n) is 9.82. The van der Waals surface area contributed by atoms with E-state index < -0.39 is 0 Å². The normalized spacial score (nSPS) is 18.8. The van der Waals surface area contributed by atoms with Crippen molar-refractivity contribution in [2.24, 2.45) is 5.73 Å². The first-order valence-electron chi connectivity index (χ1n) is 6.23. The largest absolute Gasteiger partial charge is 0.370 e. The van der Waals surface area contributed by atoms with Gasteiger partial charge in [-0.15, -0.1) is 0 Å². The summed E-state index contributed by atoms with van der Waals surface area (Å²) in [7, 11) is 0. The second kappa shape index (κ2) is 5.46. The van der Waals surface area contributed by atoms with Gasteiger partial charge in [-0.3, -0.25) is 0 Å². The van der Waals surface area contributed by atoms with Crippen LogP contribution in [0, 0.1) is 0 Å². The molecule has 1 aliphatic carbocycles. The van der Waals surface area contributed by atoms with Crippen molar-refractivity contribution in [1.29, 1.82) is 0 Å². The maximum absolute atomic E-state index is 6.14. The molecule has 1 fully saturated rings. The number of nitrogens with two attached hydrogens (primary N) is 1. The molecule has 0 aliphatic heterocycles. The molecule has 1 aliphatic rings. The summed E-state index contributed by atoms with van der Waals surface area (Å²) >= 11 is 0. The van der Waals surface area contributed by atoms with Crippen molar-refractivity contribution in [3.63, 3.8) is 0 Å². The summed E-state index contributed by atoms with van der Waals surface area (Å²) in [6.45, 7) is 1.45. The second-order valence-electron chi connectivity index (χ2n) is 4.70. The van der Waals surface area contributed by atoms with Gasteiger partial charge in [0, 0.05) is 0 Å². The Morgan fingerprint density at radius 1 is 1.12 bits per heavy atom. The van der Waals surface area contributed by atoms with Crippen molar-refractivity contribution < 1.29 is 4.74 Å². The molecule has 88 valence electrons. The summed E-state index contributed by atoms with van der Waals surface area (Å²) in [6.07, 6.45) is 5.93. The Balaban J connectivity index is 1.92. The zero-order valence-corrected chi connectivity index (χ0v) is 9.82. The van der Waals surface area contributed by atoms with Crippen molar-refractivity contribution in [1.82, 2.24) is 0 Å². The minimum atomic E-state index is 0.0740. The van der Waals surface area contributed by atoms with E-state index in [1.165, 1.54) is 31.2 Å². The first-order chi connectivity index (χ1) is 7.85. The van der Waals surface area contributed by atoms with Crippen molar-refractivity contribution >= 4 is 0 Å². The molecule has 2 nitrogen and oxygen atoms in total. The van der Waals surface area contributed by atoms with Crippen LogP contribution in [-0.2, 0) is 11.3 Å². The highest BCUT2D eigenvalue weighted by molar-refractivity contribution is 5.13. The van der Waals surface area contributed by atoms with Crippen molar-refractivity contribution in [2.75, 3.05) is 6.54 Å². The Hall–Kier alpha value is -0.860. The van der Waals surface area contributed by atoms with E-state index in [1.807, 2.05) is 6.07 Å². The SMILES string of the molecule is NCCC1(OCc2ccccc2)CCCC1. The molecule has 0 unspecified atom stereocenters. The van der Waals surface area contributed by atoms with Gasteiger partial charge in [0.25, 0.3) is 0 Å². The molecule has 16 heavy (non-hydrogen) atoms. The predicted octanol–water partition coefficient (Wildman–Crippen LogP) is 2.86. The fraction of sp³-hybridized carbons (Fsp3) is 0.571. The Kier molecular flexibility index (Phi) is 3.97. The zero-order chi connectivity index (χ0) is 11.3. The molecule has 0 saturated heterocycles. The monoisotopic (exact) mass is 219 g/mol. The van der Waals surface area contributed by atoms with Crippen molar-refractivity contribution in [3.8, 4) is 0 Å². The van der Waals surface area contributed by atoms with E-state index in [-0.39, 0.29) is 5.60 Å².